The third-order valence-corrected chi connectivity index (χ3v) is 4.53. The second-order valence-corrected chi connectivity index (χ2v) is 6.99. The first-order valence-electron chi connectivity index (χ1n) is 9.95. The third kappa shape index (κ3) is 6.22. The first-order chi connectivity index (χ1) is 15.1. The lowest BCUT2D eigenvalue weighted by Gasteiger charge is -2.19. The molecule has 2 heterocycles. The summed E-state index contributed by atoms with van der Waals surface area (Å²) in [6.45, 7) is 1.31. The minimum absolute atomic E-state index is 0.187. The molecular weight excluding hydrogens is 392 g/mol. The Morgan fingerprint density at radius 3 is 2.74 bits per heavy atom. The second-order valence-electron chi connectivity index (χ2n) is 6.99. The predicted octanol–water partition coefficient (Wildman–Crippen LogP) is 2.02. The monoisotopic (exact) mass is 418 g/mol. The van der Waals surface area contributed by atoms with E-state index < -0.39 is 6.10 Å². The molecule has 2 N–H and O–H groups in total. The molecular formula is C23H26N6O2. The predicted molar refractivity (Wildman–Crippen MR) is 121 cm³/mol. The summed E-state index contributed by atoms with van der Waals surface area (Å²) in [5.74, 6) is 4.58. The number of nitrogens with one attached hydrogen (secondary N) is 1. The highest BCUT2D eigenvalue weighted by atomic mass is 16.5. The molecule has 2 aromatic heterocycles. The quantitative estimate of drug-likeness (QED) is 0.483. The van der Waals surface area contributed by atoms with E-state index in [0.29, 0.717) is 36.8 Å². The number of hydrogen-bond donors (Lipinski definition) is 2. The van der Waals surface area contributed by atoms with Gasteiger partial charge in [0.1, 0.15) is 30.6 Å². The maximum absolute atomic E-state index is 9.88. The van der Waals surface area contributed by atoms with Crippen molar-refractivity contribution >= 4 is 5.82 Å². The van der Waals surface area contributed by atoms with Gasteiger partial charge in [-0.05, 0) is 19.2 Å². The Morgan fingerprint density at radius 1 is 1.19 bits per heavy atom. The number of terminal acetylenes is 1. The van der Waals surface area contributed by atoms with Crippen molar-refractivity contribution in [3.63, 3.8) is 0 Å². The van der Waals surface area contributed by atoms with Crippen LogP contribution >= 0.6 is 0 Å². The third-order valence-electron chi connectivity index (χ3n) is 4.53. The fourth-order valence-corrected chi connectivity index (χ4v) is 2.90. The maximum atomic E-state index is 9.88. The van der Waals surface area contributed by atoms with Crippen molar-refractivity contribution in [2.75, 3.05) is 38.7 Å². The van der Waals surface area contributed by atoms with Crippen molar-refractivity contribution in [2.24, 2.45) is 0 Å². The van der Waals surface area contributed by atoms with Crippen LogP contribution in [0.1, 0.15) is 6.42 Å². The smallest absolute Gasteiger partial charge is 0.162 e. The van der Waals surface area contributed by atoms with Crippen LogP contribution in [0.2, 0.25) is 0 Å². The number of hydrogen-bond acceptors (Lipinski definition) is 8. The number of likely N-dealkylation sites (N-methyl/N-ethyl adjacent to an activating group) is 1. The summed E-state index contributed by atoms with van der Waals surface area (Å²) in [5, 5.41) is 12.8. The van der Waals surface area contributed by atoms with Crippen molar-refractivity contribution in [1.29, 1.82) is 0 Å². The maximum Gasteiger partial charge on any atom is 0.162 e. The van der Waals surface area contributed by atoms with Crippen LogP contribution in [0.25, 0.3) is 22.6 Å². The highest BCUT2D eigenvalue weighted by Gasteiger charge is 2.13. The molecule has 0 amide bonds. The molecule has 3 rings (SSSR count). The summed E-state index contributed by atoms with van der Waals surface area (Å²) in [7, 11) is 3.72. The lowest BCUT2D eigenvalue weighted by molar-refractivity contribution is 0.108. The Kier molecular flexibility index (Phi) is 7.87. The van der Waals surface area contributed by atoms with Gasteiger partial charge in [0.05, 0.1) is 5.69 Å². The van der Waals surface area contributed by atoms with Gasteiger partial charge in [0.2, 0.25) is 0 Å². The van der Waals surface area contributed by atoms with E-state index in [1.165, 1.54) is 6.33 Å². The largest absolute Gasteiger partial charge is 0.491 e. The molecule has 1 unspecified atom stereocenters. The molecule has 8 nitrogen and oxygen atoms in total. The Labute approximate surface area is 182 Å². The fraction of sp³-hybridized carbons (Fsp3) is 0.304. The van der Waals surface area contributed by atoms with Gasteiger partial charge in [-0.2, -0.15) is 0 Å². The first-order valence-corrected chi connectivity index (χ1v) is 9.95. The number of aliphatic hydroxyl groups excluding tert-OH is 1. The number of anilines is 1. The Balaban J connectivity index is 1.94. The van der Waals surface area contributed by atoms with Crippen molar-refractivity contribution in [3.05, 3.63) is 49.1 Å². The lowest BCUT2D eigenvalue weighted by atomic mass is 10.1. The summed E-state index contributed by atoms with van der Waals surface area (Å²) in [6.07, 6.45) is 10.3. The minimum Gasteiger partial charge on any atom is -0.491 e. The highest BCUT2D eigenvalue weighted by Crippen LogP contribution is 2.27. The van der Waals surface area contributed by atoms with Crippen LogP contribution in [-0.2, 0) is 0 Å². The molecule has 0 aliphatic carbocycles. The van der Waals surface area contributed by atoms with E-state index in [-0.39, 0.29) is 6.61 Å². The Morgan fingerprint density at radius 2 is 2.00 bits per heavy atom. The SMILES string of the molecule is C#CCCN(C)c1cc(-c2cncnc2)nc(-c2cccc(OCC(O)CNC)c2)n1. The lowest BCUT2D eigenvalue weighted by Crippen LogP contribution is -2.29. The van der Waals surface area contributed by atoms with Crippen LogP contribution in [0.15, 0.2) is 49.1 Å². The van der Waals surface area contributed by atoms with Crippen LogP contribution in [0.5, 0.6) is 5.75 Å². The molecule has 1 aromatic carbocycles. The number of rotatable bonds is 10. The first kappa shape index (κ1) is 22.2. The van der Waals surface area contributed by atoms with Crippen molar-refractivity contribution < 1.29 is 9.84 Å². The number of nitrogens with zero attached hydrogens (tertiary/aromatic N) is 5. The summed E-state index contributed by atoms with van der Waals surface area (Å²) in [5.41, 5.74) is 2.30. The normalized spacial score (nSPS) is 11.5. The average Bonchev–Trinajstić information content (AvgIpc) is 2.82. The van der Waals surface area contributed by atoms with Crippen molar-refractivity contribution in [1.82, 2.24) is 25.3 Å². The van der Waals surface area contributed by atoms with Crippen molar-refractivity contribution in [3.8, 4) is 40.7 Å². The minimum atomic E-state index is -0.595. The van der Waals surface area contributed by atoms with E-state index in [9.17, 15) is 5.11 Å². The van der Waals surface area contributed by atoms with E-state index in [1.54, 1.807) is 19.4 Å². The zero-order chi connectivity index (χ0) is 22.1. The van der Waals surface area contributed by atoms with Crippen LogP contribution in [0, 0.1) is 12.3 Å². The van der Waals surface area contributed by atoms with Crippen LogP contribution in [0.4, 0.5) is 5.82 Å². The zero-order valence-electron chi connectivity index (χ0n) is 17.7. The fourth-order valence-electron chi connectivity index (χ4n) is 2.90. The van der Waals surface area contributed by atoms with Crippen LogP contribution < -0.4 is 15.0 Å². The van der Waals surface area contributed by atoms with E-state index in [2.05, 4.69) is 21.2 Å². The zero-order valence-corrected chi connectivity index (χ0v) is 17.7. The average molecular weight is 419 g/mol. The van der Waals surface area contributed by atoms with E-state index in [1.807, 2.05) is 42.3 Å². The summed E-state index contributed by atoms with van der Waals surface area (Å²) in [6, 6.07) is 9.39. The molecule has 31 heavy (non-hydrogen) atoms. The van der Waals surface area contributed by atoms with E-state index in [4.69, 9.17) is 21.1 Å². The second kappa shape index (κ2) is 11.0. The topological polar surface area (TPSA) is 96.3 Å². The van der Waals surface area contributed by atoms with Crippen LogP contribution in [-0.4, -0.2) is 64.9 Å². The van der Waals surface area contributed by atoms with Gasteiger partial charge in [0.25, 0.3) is 0 Å². The Bertz CT molecular complexity index is 1020. The van der Waals surface area contributed by atoms with Crippen molar-refractivity contribution in [2.45, 2.75) is 12.5 Å². The molecule has 160 valence electrons. The van der Waals surface area contributed by atoms with Gasteiger partial charge >= 0.3 is 0 Å². The summed E-state index contributed by atoms with van der Waals surface area (Å²) in [4.78, 5) is 19.7. The Hall–Kier alpha value is -3.54. The number of aromatic nitrogens is 4. The molecule has 0 fully saturated rings. The molecule has 0 radical (unpaired) electrons. The molecule has 0 bridgehead atoms. The van der Waals surface area contributed by atoms with Gasteiger partial charge in [-0.3, -0.25) is 0 Å². The van der Waals surface area contributed by atoms with Gasteiger partial charge < -0.3 is 20.1 Å². The molecule has 0 saturated heterocycles. The molecule has 0 aliphatic rings. The number of ether oxygens (including phenoxy) is 1. The van der Waals surface area contributed by atoms with Gasteiger partial charge in [-0.1, -0.05) is 12.1 Å². The number of benzene rings is 1. The van der Waals surface area contributed by atoms with Gasteiger partial charge in [-0.15, -0.1) is 12.3 Å². The molecule has 0 aliphatic heterocycles. The molecule has 8 heteroatoms. The summed E-state index contributed by atoms with van der Waals surface area (Å²) >= 11 is 0. The van der Waals surface area contributed by atoms with E-state index >= 15 is 0 Å². The summed E-state index contributed by atoms with van der Waals surface area (Å²) < 4.78 is 5.73. The molecule has 0 spiro atoms. The van der Waals surface area contributed by atoms with Gasteiger partial charge in [-0.25, -0.2) is 19.9 Å². The van der Waals surface area contributed by atoms with Gasteiger partial charge in [0.15, 0.2) is 5.82 Å². The van der Waals surface area contributed by atoms with Gasteiger partial charge in [0, 0.05) is 56.1 Å². The highest BCUT2D eigenvalue weighted by molar-refractivity contribution is 5.67. The molecule has 1 atom stereocenters. The van der Waals surface area contributed by atoms with E-state index in [0.717, 1.165) is 16.9 Å². The van der Waals surface area contributed by atoms with Crippen LogP contribution in [0.3, 0.4) is 0 Å². The molecule has 0 saturated carbocycles. The number of aliphatic hydroxyl groups is 1. The molecule has 3 aromatic rings. The standard InChI is InChI=1S/C23H26N6O2/c1-4-5-9-29(3)22-11-21(18-12-25-16-26-13-18)27-23(28-22)17-7-6-8-20(10-17)31-15-19(30)14-24-2/h1,6-8,10-13,16,19,24,30H,5,9,14-15H2,2-3H3.